The van der Waals surface area contributed by atoms with Crippen LogP contribution in [0.15, 0.2) is 64.8 Å². The van der Waals surface area contributed by atoms with Gasteiger partial charge in [-0.3, -0.25) is 9.36 Å². The molecule has 0 spiro atoms. The molecule has 0 aliphatic rings. The molecule has 0 aliphatic heterocycles. The molecule has 0 aliphatic carbocycles. The quantitative estimate of drug-likeness (QED) is 0.572. The maximum Gasteiger partial charge on any atom is 0.261 e. The maximum absolute atomic E-state index is 12.7. The van der Waals surface area contributed by atoms with Crippen molar-refractivity contribution in [2.45, 2.75) is 13.5 Å². The van der Waals surface area contributed by atoms with Gasteiger partial charge in [0.25, 0.3) is 5.56 Å². The summed E-state index contributed by atoms with van der Waals surface area (Å²) in [7, 11) is 0. The summed E-state index contributed by atoms with van der Waals surface area (Å²) in [4.78, 5) is 21.9. The minimum atomic E-state index is -0.0210. The second-order valence-corrected chi connectivity index (χ2v) is 6.44. The van der Waals surface area contributed by atoms with Crippen LogP contribution >= 0.6 is 11.3 Å². The Labute approximate surface area is 143 Å². The zero-order chi connectivity index (χ0) is 16.5. The van der Waals surface area contributed by atoms with Gasteiger partial charge in [0.05, 0.1) is 23.1 Å². The van der Waals surface area contributed by atoms with Crippen molar-refractivity contribution in [2.75, 3.05) is 0 Å². The molecule has 24 heavy (non-hydrogen) atoms. The number of para-hydroxylation sites is 1. The van der Waals surface area contributed by atoms with E-state index < -0.39 is 0 Å². The summed E-state index contributed by atoms with van der Waals surface area (Å²) in [6.07, 6.45) is 0. The lowest BCUT2D eigenvalue weighted by Crippen LogP contribution is -2.24. The number of nitrogens with zero attached hydrogens (tertiary/aromatic N) is 3. The smallest absolute Gasteiger partial charge is 0.261 e. The second-order valence-electron chi connectivity index (χ2n) is 5.58. The normalized spacial score (nSPS) is 11.0. The van der Waals surface area contributed by atoms with Gasteiger partial charge in [-0.1, -0.05) is 42.5 Å². The van der Waals surface area contributed by atoms with Gasteiger partial charge in [-0.05, 0) is 19.1 Å². The number of aryl methyl sites for hydroxylation is 1. The van der Waals surface area contributed by atoms with Gasteiger partial charge in [0.1, 0.15) is 10.8 Å². The Balaban J connectivity index is 1.73. The lowest BCUT2D eigenvalue weighted by molar-refractivity contribution is 0.701. The van der Waals surface area contributed by atoms with Crippen LogP contribution in [-0.4, -0.2) is 14.5 Å². The Bertz CT molecular complexity index is 1070. The number of aromatic nitrogens is 3. The number of hydrogen-bond donors (Lipinski definition) is 0. The third-order valence-electron chi connectivity index (χ3n) is 3.95. The number of fused-ring (bicyclic) bond motifs is 1. The van der Waals surface area contributed by atoms with E-state index in [1.807, 2.05) is 66.9 Å². The molecule has 0 amide bonds. The minimum Gasteiger partial charge on any atom is -0.290 e. The van der Waals surface area contributed by atoms with Crippen LogP contribution in [-0.2, 0) is 6.54 Å². The van der Waals surface area contributed by atoms with Crippen molar-refractivity contribution in [1.29, 1.82) is 0 Å². The Morgan fingerprint density at radius 1 is 1.00 bits per heavy atom. The van der Waals surface area contributed by atoms with E-state index in [4.69, 9.17) is 0 Å². The topological polar surface area (TPSA) is 47.8 Å². The average molecular weight is 333 g/mol. The first-order valence-corrected chi connectivity index (χ1v) is 8.56. The standard InChI is InChI=1S/C19H15N3OS/c1-13-20-17-10-6-5-9-16(17)19(23)22(13)11-15-12-24-18(21-15)14-7-3-2-4-8-14/h2-10,12H,11H2,1H3. The highest BCUT2D eigenvalue weighted by molar-refractivity contribution is 7.13. The molecule has 2 aromatic carbocycles. The van der Waals surface area contributed by atoms with Crippen molar-refractivity contribution in [2.24, 2.45) is 0 Å². The molecule has 5 heteroatoms. The van der Waals surface area contributed by atoms with Gasteiger partial charge >= 0.3 is 0 Å². The molecule has 0 N–H and O–H groups in total. The van der Waals surface area contributed by atoms with Crippen molar-refractivity contribution in [3.63, 3.8) is 0 Å². The van der Waals surface area contributed by atoms with Crippen LogP contribution < -0.4 is 5.56 Å². The van der Waals surface area contributed by atoms with Crippen LogP contribution in [0.1, 0.15) is 11.5 Å². The fourth-order valence-corrected chi connectivity index (χ4v) is 3.54. The average Bonchev–Trinajstić information content (AvgIpc) is 3.08. The Morgan fingerprint density at radius 2 is 1.75 bits per heavy atom. The van der Waals surface area contributed by atoms with Crippen LogP contribution in [0.3, 0.4) is 0 Å². The first-order valence-electron chi connectivity index (χ1n) is 7.68. The molecule has 2 heterocycles. The van der Waals surface area contributed by atoms with Gasteiger partial charge in [-0.15, -0.1) is 11.3 Å². The van der Waals surface area contributed by atoms with E-state index in [9.17, 15) is 4.79 Å². The third-order valence-corrected chi connectivity index (χ3v) is 4.89. The summed E-state index contributed by atoms with van der Waals surface area (Å²) in [6, 6.07) is 17.5. The first-order chi connectivity index (χ1) is 11.7. The van der Waals surface area contributed by atoms with Gasteiger partial charge < -0.3 is 0 Å². The van der Waals surface area contributed by atoms with Crippen molar-refractivity contribution in [1.82, 2.24) is 14.5 Å². The third kappa shape index (κ3) is 2.63. The molecule has 0 fully saturated rings. The van der Waals surface area contributed by atoms with Gasteiger partial charge in [0.2, 0.25) is 0 Å². The highest BCUT2D eigenvalue weighted by Gasteiger charge is 2.10. The first kappa shape index (κ1) is 14.8. The van der Waals surface area contributed by atoms with Crippen molar-refractivity contribution in [3.05, 3.63) is 81.8 Å². The number of rotatable bonds is 3. The second kappa shape index (κ2) is 6.02. The largest absolute Gasteiger partial charge is 0.290 e. The molecule has 4 nitrogen and oxygen atoms in total. The van der Waals surface area contributed by atoms with E-state index in [1.54, 1.807) is 15.9 Å². The Morgan fingerprint density at radius 3 is 2.58 bits per heavy atom. The monoisotopic (exact) mass is 333 g/mol. The molecule has 118 valence electrons. The lowest BCUT2D eigenvalue weighted by atomic mass is 10.2. The lowest BCUT2D eigenvalue weighted by Gasteiger charge is -2.09. The summed E-state index contributed by atoms with van der Waals surface area (Å²) in [5.74, 6) is 0.702. The molecule has 0 bridgehead atoms. The summed E-state index contributed by atoms with van der Waals surface area (Å²) in [5, 5.41) is 3.61. The van der Waals surface area contributed by atoms with E-state index in [0.717, 1.165) is 21.8 Å². The Kier molecular flexibility index (Phi) is 3.70. The maximum atomic E-state index is 12.7. The van der Waals surface area contributed by atoms with Crippen molar-refractivity contribution >= 4 is 22.2 Å². The van der Waals surface area contributed by atoms with E-state index in [1.165, 1.54) is 0 Å². The molecule has 0 saturated heterocycles. The fraction of sp³-hybridized carbons (Fsp3) is 0.105. The summed E-state index contributed by atoms with van der Waals surface area (Å²) in [5.41, 5.74) is 2.68. The molecule has 2 aromatic heterocycles. The molecule has 0 saturated carbocycles. The molecular weight excluding hydrogens is 318 g/mol. The zero-order valence-corrected chi connectivity index (χ0v) is 14.0. The highest BCUT2D eigenvalue weighted by atomic mass is 32.1. The molecule has 0 unspecified atom stereocenters. The van der Waals surface area contributed by atoms with E-state index in [2.05, 4.69) is 9.97 Å². The van der Waals surface area contributed by atoms with E-state index in [0.29, 0.717) is 17.8 Å². The van der Waals surface area contributed by atoms with Crippen LogP contribution in [0, 0.1) is 6.92 Å². The van der Waals surface area contributed by atoms with Crippen LogP contribution in [0.5, 0.6) is 0 Å². The molecule has 0 atom stereocenters. The SMILES string of the molecule is Cc1nc2ccccc2c(=O)n1Cc1csc(-c2ccccc2)n1. The van der Waals surface area contributed by atoms with E-state index in [-0.39, 0.29) is 5.56 Å². The summed E-state index contributed by atoms with van der Waals surface area (Å²) in [6.45, 7) is 2.30. The number of benzene rings is 2. The predicted octanol–water partition coefficient (Wildman–Crippen LogP) is 3.88. The van der Waals surface area contributed by atoms with Crippen LogP contribution in [0.2, 0.25) is 0 Å². The zero-order valence-electron chi connectivity index (χ0n) is 13.1. The van der Waals surface area contributed by atoms with E-state index >= 15 is 0 Å². The molecule has 4 rings (SSSR count). The highest BCUT2D eigenvalue weighted by Crippen LogP contribution is 2.23. The number of hydrogen-bond acceptors (Lipinski definition) is 4. The van der Waals surface area contributed by atoms with Gasteiger partial charge in [-0.2, -0.15) is 0 Å². The molecule has 4 aromatic rings. The van der Waals surface area contributed by atoms with Crippen molar-refractivity contribution < 1.29 is 0 Å². The Hall–Kier alpha value is -2.79. The number of thiazole rings is 1. The van der Waals surface area contributed by atoms with Crippen LogP contribution in [0.4, 0.5) is 0 Å². The summed E-state index contributed by atoms with van der Waals surface area (Å²) < 4.78 is 1.69. The van der Waals surface area contributed by atoms with Crippen LogP contribution in [0.25, 0.3) is 21.5 Å². The predicted molar refractivity (Wildman–Crippen MR) is 97.4 cm³/mol. The van der Waals surface area contributed by atoms with Gasteiger partial charge in [0, 0.05) is 10.9 Å². The molecule has 0 radical (unpaired) electrons. The van der Waals surface area contributed by atoms with Crippen molar-refractivity contribution in [3.8, 4) is 10.6 Å². The van der Waals surface area contributed by atoms with Gasteiger partial charge in [0.15, 0.2) is 0 Å². The fourth-order valence-electron chi connectivity index (χ4n) is 2.72. The minimum absolute atomic E-state index is 0.0210. The molecular formula is C19H15N3OS. The van der Waals surface area contributed by atoms with Gasteiger partial charge in [-0.25, -0.2) is 9.97 Å². The summed E-state index contributed by atoms with van der Waals surface area (Å²) >= 11 is 1.59.